The van der Waals surface area contributed by atoms with Gasteiger partial charge in [0.15, 0.2) is 12.4 Å². The highest BCUT2D eigenvalue weighted by Crippen LogP contribution is 2.16. The fourth-order valence-corrected chi connectivity index (χ4v) is 3.48. The molecule has 0 atom stereocenters. The molecule has 3 aromatic rings. The van der Waals surface area contributed by atoms with Gasteiger partial charge in [-0.1, -0.05) is 29.8 Å². The molecule has 2 heterocycles. The third-order valence-corrected chi connectivity index (χ3v) is 5.30. The number of hydrogen-bond donors (Lipinski definition) is 0. The molecule has 2 aromatic carbocycles. The van der Waals surface area contributed by atoms with Gasteiger partial charge in [-0.15, -0.1) is 0 Å². The third-order valence-electron chi connectivity index (χ3n) is 5.05. The lowest BCUT2D eigenvalue weighted by atomic mass is 10.2. The van der Waals surface area contributed by atoms with Crippen LogP contribution >= 0.6 is 11.6 Å². The van der Waals surface area contributed by atoms with Crippen LogP contribution in [0, 0.1) is 5.82 Å². The minimum atomic E-state index is -0.192. The summed E-state index contributed by atoms with van der Waals surface area (Å²) in [6.45, 7) is 3.31. The van der Waals surface area contributed by atoms with E-state index in [2.05, 4.69) is 10.00 Å². The zero-order chi connectivity index (χ0) is 20.9. The summed E-state index contributed by atoms with van der Waals surface area (Å²) < 4.78 is 21.1. The van der Waals surface area contributed by atoms with Gasteiger partial charge in [0.2, 0.25) is 0 Å². The quantitative estimate of drug-likeness (QED) is 0.601. The number of piperazine rings is 1. The number of nitrogens with zero attached hydrogens (tertiary/aromatic N) is 4. The van der Waals surface area contributed by atoms with Crippen molar-refractivity contribution in [2.75, 3.05) is 26.2 Å². The molecule has 0 radical (unpaired) electrons. The van der Waals surface area contributed by atoms with Gasteiger partial charge in [0.05, 0.1) is 0 Å². The monoisotopic (exact) mass is 428 g/mol. The van der Waals surface area contributed by atoms with Gasteiger partial charge in [-0.25, -0.2) is 9.07 Å². The molecule has 0 saturated carbocycles. The van der Waals surface area contributed by atoms with Gasteiger partial charge in [-0.2, -0.15) is 5.10 Å². The van der Waals surface area contributed by atoms with Crippen LogP contribution in [0.4, 0.5) is 4.39 Å². The van der Waals surface area contributed by atoms with Crippen LogP contribution in [0.3, 0.4) is 0 Å². The van der Waals surface area contributed by atoms with Crippen molar-refractivity contribution < 1.29 is 13.9 Å². The van der Waals surface area contributed by atoms with E-state index < -0.39 is 0 Å². The molecule has 30 heavy (non-hydrogen) atoms. The van der Waals surface area contributed by atoms with E-state index in [1.54, 1.807) is 58.2 Å². The minimum Gasteiger partial charge on any atom is -0.471 e. The van der Waals surface area contributed by atoms with Crippen LogP contribution in [0.5, 0.6) is 5.75 Å². The predicted octanol–water partition coefficient (Wildman–Crippen LogP) is 3.67. The summed E-state index contributed by atoms with van der Waals surface area (Å²) in [5.74, 6) is 0.377. The Bertz CT molecular complexity index is 1000. The average Bonchev–Trinajstić information content (AvgIpc) is 3.24. The maximum atomic E-state index is 13.8. The molecule has 0 spiro atoms. The second kappa shape index (κ2) is 9.28. The number of halogens is 2. The lowest BCUT2D eigenvalue weighted by molar-refractivity contribution is 0.0619. The van der Waals surface area contributed by atoms with Crippen molar-refractivity contribution >= 4 is 17.5 Å². The number of carbonyl (C=O) groups is 1. The summed E-state index contributed by atoms with van der Waals surface area (Å²) in [5, 5.41) is 4.97. The van der Waals surface area contributed by atoms with E-state index in [0.29, 0.717) is 54.8 Å². The molecule has 1 saturated heterocycles. The van der Waals surface area contributed by atoms with E-state index in [4.69, 9.17) is 16.3 Å². The Hall–Kier alpha value is -2.90. The average molecular weight is 429 g/mol. The van der Waals surface area contributed by atoms with Crippen molar-refractivity contribution in [3.05, 3.63) is 82.9 Å². The van der Waals surface area contributed by atoms with Gasteiger partial charge in [0.25, 0.3) is 5.91 Å². The number of rotatable bonds is 6. The maximum Gasteiger partial charge on any atom is 0.274 e. The highest BCUT2D eigenvalue weighted by atomic mass is 35.5. The van der Waals surface area contributed by atoms with Crippen LogP contribution in [-0.4, -0.2) is 51.7 Å². The number of ether oxygens (including phenoxy) is 1. The Labute approximate surface area is 179 Å². The first-order chi connectivity index (χ1) is 14.6. The first-order valence-electron chi connectivity index (χ1n) is 9.75. The normalized spacial score (nSPS) is 14.7. The van der Waals surface area contributed by atoms with Gasteiger partial charge >= 0.3 is 0 Å². The lowest BCUT2D eigenvalue weighted by Gasteiger charge is -2.34. The van der Waals surface area contributed by atoms with E-state index >= 15 is 0 Å². The molecule has 1 aromatic heterocycles. The zero-order valence-corrected chi connectivity index (χ0v) is 17.1. The standard InChI is InChI=1S/C22H22ClFN4O2/c23-18-5-7-19(8-6-18)30-16-28-10-9-21(25-28)22(29)27-13-11-26(12-14-27)15-17-3-1-2-4-20(17)24/h1-10H,11-16H2. The number of aromatic nitrogens is 2. The molecule has 4 rings (SSSR count). The van der Waals surface area contributed by atoms with Gasteiger partial charge in [-0.3, -0.25) is 9.69 Å². The number of amides is 1. The van der Waals surface area contributed by atoms with Crippen molar-refractivity contribution in [2.24, 2.45) is 0 Å². The van der Waals surface area contributed by atoms with Crippen LogP contribution in [0.1, 0.15) is 16.1 Å². The Kier molecular flexibility index (Phi) is 6.30. The SMILES string of the molecule is O=C(c1ccn(COc2ccc(Cl)cc2)n1)N1CCN(Cc2ccccc2F)CC1. The van der Waals surface area contributed by atoms with Crippen molar-refractivity contribution in [1.82, 2.24) is 19.6 Å². The van der Waals surface area contributed by atoms with Crippen molar-refractivity contribution in [2.45, 2.75) is 13.3 Å². The molecule has 6 nitrogen and oxygen atoms in total. The van der Waals surface area contributed by atoms with E-state index in [0.717, 1.165) is 0 Å². The fraction of sp³-hybridized carbons (Fsp3) is 0.273. The van der Waals surface area contributed by atoms with Crippen LogP contribution in [-0.2, 0) is 13.3 Å². The molecule has 1 fully saturated rings. The summed E-state index contributed by atoms with van der Waals surface area (Å²) in [4.78, 5) is 16.7. The second-order valence-corrected chi connectivity index (χ2v) is 7.56. The van der Waals surface area contributed by atoms with Crippen LogP contribution in [0.25, 0.3) is 0 Å². The predicted molar refractivity (Wildman–Crippen MR) is 112 cm³/mol. The molecule has 0 unspecified atom stereocenters. The molecular weight excluding hydrogens is 407 g/mol. The number of hydrogen-bond acceptors (Lipinski definition) is 4. The Morgan fingerprint density at radius 1 is 1.03 bits per heavy atom. The molecule has 1 amide bonds. The zero-order valence-electron chi connectivity index (χ0n) is 16.4. The van der Waals surface area contributed by atoms with E-state index in [1.807, 2.05) is 6.07 Å². The first kappa shape index (κ1) is 20.4. The molecular formula is C22H22ClFN4O2. The molecule has 0 aliphatic carbocycles. The second-order valence-electron chi connectivity index (χ2n) is 7.13. The van der Waals surface area contributed by atoms with E-state index in [1.165, 1.54) is 6.07 Å². The summed E-state index contributed by atoms with van der Waals surface area (Å²) in [6.07, 6.45) is 1.72. The van der Waals surface area contributed by atoms with E-state index in [9.17, 15) is 9.18 Å². The summed E-state index contributed by atoms with van der Waals surface area (Å²) >= 11 is 5.86. The van der Waals surface area contributed by atoms with E-state index in [-0.39, 0.29) is 18.5 Å². The number of benzene rings is 2. The van der Waals surface area contributed by atoms with Crippen molar-refractivity contribution in [3.8, 4) is 5.75 Å². The van der Waals surface area contributed by atoms with Crippen molar-refractivity contribution in [1.29, 1.82) is 0 Å². The van der Waals surface area contributed by atoms with Gasteiger partial charge < -0.3 is 9.64 Å². The topological polar surface area (TPSA) is 50.6 Å². The van der Waals surface area contributed by atoms with Crippen LogP contribution in [0.15, 0.2) is 60.8 Å². The van der Waals surface area contributed by atoms with Crippen molar-refractivity contribution in [3.63, 3.8) is 0 Å². The summed E-state index contributed by atoms with van der Waals surface area (Å²) in [6, 6.07) is 15.5. The molecule has 0 N–H and O–H groups in total. The smallest absolute Gasteiger partial charge is 0.274 e. The van der Waals surface area contributed by atoms with Gasteiger partial charge in [0, 0.05) is 49.5 Å². The highest BCUT2D eigenvalue weighted by molar-refractivity contribution is 6.30. The third kappa shape index (κ3) is 4.98. The van der Waals surface area contributed by atoms with Crippen LogP contribution in [0.2, 0.25) is 5.02 Å². The highest BCUT2D eigenvalue weighted by Gasteiger charge is 2.24. The maximum absolute atomic E-state index is 13.8. The largest absolute Gasteiger partial charge is 0.471 e. The molecule has 8 heteroatoms. The lowest BCUT2D eigenvalue weighted by Crippen LogP contribution is -2.48. The van der Waals surface area contributed by atoms with Crippen LogP contribution < -0.4 is 4.74 Å². The molecule has 156 valence electrons. The fourth-order valence-electron chi connectivity index (χ4n) is 3.36. The summed E-state index contributed by atoms with van der Waals surface area (Å²) in [7, 11) is 0. The van der Waals surface area contributed by atoms with Gasteiger partial charge in [-0.05, 0) is 36.4 Å². The first-order valence-corrected chi connectivity index (χ1v) is 10.1. The Morgan fingerprint density at radius 3 is 2.50 bits per heavy atom. The summed E-state index contributed by atoms with van der Waals surface area (Å²) in [5.41, 5.74) is 1.06. The Balaban J connectivity index is 1.28. The van der Waals surface area contributed by atoms with Gasteiger partial charge in [0.1, 0.15) is 11.6 Å². The molecule has 1 aliphatic heterocycles. The minimum absolute atomic E-state index is 0.106. The number of carbonyl (C=O) groups excluding carboxylic acids is 1. The Morgan fingerprint density at radius 2 is 1.77 bits per heavy atom. The molecule has 1 aliphatic rings. The molecule has 0 bridgehead atoms.